The van der Waals surface area contributed by atoms with Gasteiger partial charge in [-0.3, -0.25) is 4.99 Å². The Morgan fingerprint density at radius 1 is 1.56 bits per heavy atom. The Morgan fingerprint density at radius 3 is 2.78 bits per heavy atom. The first-order chi connectivity index (χ1) is 8.67. The summed E-state index contributed by atoms with van der Waals surface area (Å²) in [4.78, 5) is 8.05. The van der Waals surface area contributed by atoms with E-state index in [9.17, 15) is 0 Å². The number of aliphatic imine (C=N–C) groups is 1. The van der Waals surface area contributed by atoms with Gasteiger partial charge in [-0.2, -0.15) is 0 Å². The number of nitrogens with zero attached hydrogens (tertiary/aromatic N) is 2. The van der Waals surface area contributed by atoms with Crippen LogP contribution in [-0.2, 0) is 0 Å². The lowest BCUT2D eigenvalue weighted by molar-refractivity contribution is 0.377. The van der Waals surface area contributed by atoms with Gasteiger partial charge in [-0.25, -0.2) is 4.98 Å². The molecule has 0 spiro atoms. The van der Waals surface area contributed by atoms with E-state index in [1.165, 1.54) is 0 Å². The quantitative estimate of drug-likeness (QED) is 0.866. The Hall–Kier alpha value is -1.36. The van der Waals surface area contributed by atoms with Crippen LogP contribution in [0.25, 0.3) is 0 Å². The number of pyridine rings is 1. The van der Waals surface area contributed by atoms with Gasteiger partial charge in [-0.15, -0.1) is 0 Å². The molecule has 1 rings (SSSR count). The molecule has 0 bridgehead atoms. The lowest BCUT2D eigenvalue weighted by Crippen LogP contribution is -2.10. The summed E-state index contributed by atoms with van der Waals surface area (Å²) in [7, 11) is 1.72. The minimum absolute atomic E-state index is 0.374. The van der Waals surface area contributed by atoms with Crippen LogP contribution < -0.4 is 10.5 Å². The second-order valence-electron chi connectivity index (χ2n) is 3.04. The fourth-order valence-electron chi connectivity index (χ4n) is 1.08. The van der Waals surface area contributed by atoms with Gasteiger partial charge in [0.15, 0.2) is 11.6 Å². The number of allylic oxidation sites excluding steroid dienone is 1. The van der Waals surface area contributed by atoms with Crippen molar-refractivity contribution in [2.75, 3.05) is 19.4 Å². The highest BCUT2D eigenvalue weighted by molar-refractivity contribution is 9.10. The van der Waals surface area contributed by atoms with E-state index >= 15 is 0 Å². The molecule has 4 nitrogen and oxygen atoms in total. The third kappa shape index (κ3) is 5.82. The monoisotopic (exact) mass is 313 g/mol. The fraction of sp³-hybridized carbons (Fsp3) is 0.385. The van der Waals surface area contributed by atoms with Crippen LogP contribution in [0.5, 0.6) is 5.75 Å². The summed E-state index contributed by atoms with van der Waals surface area (Å²) in [5.41, 5.74) is 6.53. The lowest BCUT2D eigenvalue weighted by atomic mass is 10.3. The maximum atomic E-state index is 5.68. The summed E-state index contributed by atoms with van der Waals surface area (Å²) in [6, 6.07) is 1.78. The topological polar surface area (TPSA) is 60.5 Å². The van der Waals surface area contributed by atoms with Crippen molar-refractivity contribution in [2.24, 2.45) is 4.99 Å². The summed E-state index contributed by atoms with van der Waals surface area (Å²) < 4.78 is 6.35. The molecule has 0 saturated carbocycles. The molecule has 0 aliphatic rings. The number of rotatable bonds is 4. The van der Waals surface area contributed by atoms with Crippen molar-refractivity contribution in [1.82, 2.24) is 4.98 Å². The molecule has 0 aliphatic heterocycles. The predicted molar refractivity (Wildman–Crippen MR) is 81.4 cm³/mol. The highest BCUT2D eigenvalue weighted by Crippen LogP contribution is 2.22. The van der Waals surface area contributed by atoms with Crippen LogP contribution >= 0.6 is 15.9 Å². The first-order valence-electron chi connectivity index (χ1n) is 5.79. The second-order valence-corrected chi connectivity index (χ2v) is 3.96. The molecule has 1 aromatic heterocycles. The highest BCUT2D eigenvalue weighted by Gasteiger charge is 2.03. The van der Waals surface area contributed by atoms with Crippen LogP contribution in [0, 0.1) is 0 Å². The van der Waals surface area contributed by atoms with Crippen molar-refractivity contribution in [3.05, 3.63) is 28.9 Å². The summed E-state index contributed by atoms with van der Waals surface area (Å²) in [5.74, 6) is 0.930. The van der Waals surface area contributed by atoms with Gasteiger partial charge in [0.25, 0.3) is 0 Å². The van der Waals surface area contributed by atoms with E-state index in [0.29, 0.717) is 18.2 Å². The number of hydrogen-bond acceptors (Lipinski definition) is 4. The van der Waals surface area contributed by atoms with Crippen molar-refractivity contribution in [2.45, 2.75) is 20.8 Å². The van der Waals surface area contributed by atoms with Crippen LogP contribution in [0.1, 0.15) is 20.8 Å². The molecule has 0 amide bonds. The average molecular weight is 314 g/mol. The molecule has 0 unspecified atom stereocenters. The molecule has 0 saturated heterocycles. The number of halogens is 1. The lowest BCUT2D eigenvalue weighted by Gasteiger charge is -2.08. The van der Waals surface area contributed by atoms with Gasteiger partial charge >= 0.3 is 0 Å². The SMILES string of the molecule is C/C=C\C(COc1cc(Br)cnc1N)=NC.CC. The van der Waals surface area contributed by atoms with E-state index in [1.54, 1.807) is 19.3 Å². The minimum Gasteiger partial charge on any atom is -0.483 e. The maximum absolute atomic E-state index is 5.68. The predicted octanol–water partition coefficient (Wildman–Crippen LogP) is 3.48. The van der Waals surface area contributed by atoms with Crippen molar-refractivity contribution in [3.63, 3.8) is 0 Å². The second kappa shape index (κ2) is 9.65. The largest absolute Gasteiger partial charge is 0.483 e. The van der Waals surface area contributed by atoms with Crippen LogP contribution in [0.4, 0.5) is 5.82 Å². The maximum Gasteiger partial charge on any atom is 0.166 e. The standard InChI is InChI=1S/C11H14BrN3O.C2H6/c1-3-4-9(14-2)7-16-10-5-8(12)6-15-11(10)13;1-2/h3-6H,7H2,1-2H3,(H2,13,15);1-2H3/b4-3-,14-9?;. The number of hydrogen-bond donors (Lipinski definition) is 1. The van der Waals surface area contributed by atoms with Gasteiger partial charge < -0.3 is 10.5 Å². The molecule has 0 fully saturated rings. The molecule has 0 aliphatic carbocycles. The van der Waals surface area contributed by atoms with E-state index < -0.39 is 0 Å². The summed E-state index contributed by atoms with van der Waals surface area (Å²) >= 11 is 3.31. The first kappa shape index (κ1) is 16.6. The van der Waals surface area contributed by atoms with Crippen molar-refractivity contribution in [1.29, 1.82) is 0 Å². The zero-order valence-electron chi connectivity index (χ0n) is 11.3. The van der Waals surface area contributed by atoms with Gasteiger partial charge in [0, 0.05) is 17.7 Å². The van der Waals surface area contributed by atoms with Crippen LogP contribution in [0.2, 0.25) is 0 Å². The number of nitrogen functional groups attached to an aromatic ring is 1. The van der Waals surface area contributed by atoms with Gasteiger partial charge in [0.2, 0.25) is 0 Å². The zero-order chi connectivity index (χ0) is 14.0. The number of aromatic nitrogens is 1. The molecule has 1 aromatic rings. The number of nitrogens with two attached hydrogens (primary N) is 1. The van der Waals surface area contributed by atoms with E-state index in [2.05, 4.69) is 25.9 Å². The van der Waals surface area contributed by atoms with E-state index in [-0.39, 0.29) is 0 Å². The van der Waals surface area contributed by atoms with Crippen LogP contribution in [-0.4, -0.2) is 24.4 Å². The first-order valence-corrected chi connectivity index (χ1v) is 6.59. The van der Waals surface area contributed by atoms with E-state index in [4.69, 9.17) is 10.5 Å². The minimum atomic E-state index is 0.374. The van der Waals surface area contributed by atoms with Gasteiger partial charge in [-0.1, -0.05) is 19.9 Å². The summed E-state index contributed by atoms with van der Waals surface area (Å²) in [5, 5.41) is 0. The molecule has 0 radical (unpaired) electrons. The molecular formula is C13H20BrN3O. The Kier molecular flexibility index (Phi) is 8.92. The van der Waals surface area contributed by atoms with Crippen molar-refractivity contribution < 1.29 is 4.74 Å². The highest BCUT2D eigenvalue weighted by atomic mass is 79.9. The molecule has 1 heterocycles. The Labute approximate surface area is 117 Å². The molecule has 0 atom stereocenters. The van der Waals surface area contributed by atoms with Crippen LogP contribution in [0.15, 0.2) is 33.9 Å². The van der Waals surface area contributed by atoms with Gasteiger partial charge in [0.1, 0.15) is 6.61 Å². The molecule has 18 heavy (non-hydrogen) atoms. The van der Waals surface area contributed by atoms with E-state index in [0.717, 1.165) is 10.2 Å². The van der Waals surface area contributed by atoms with Crippen molar-refractivity contribution in [3.8, 4) is 5.75 Å². The normalized spacial score (nSPS) is 11.1. The van der Waals surface area contributed by atoms with Gasteiger partial charge in [0.05, 0.1) is 5.71 Å². The Balaban J connectivity index is 0.00000137. The third-order valence-electron chi connectivity index (χ3n) is 1.87. The van der Waals surface area contributed by atoms with E-state index in [1.807, 2.05) is 32.9 Å². The smallest absolute Gasteiger partial charge is 0.166 e. The fourth-order valence-corrected chi connectivity index (χ4v) is 1.39. The Morgan fingerprint density at radius 2 is 2.22 bits per heavy atom. The summed E-state index contributed by atoms with van der Waals surface area (Å²) in [6.45, 7) is 6.31. The third-order valence-corrected chi connectivity index (χ3v) is 2.30. The number of anilines is 1. The molecule has 100 valence electrons. The summed E-state index contributed by atoms with van der Waals surface area (Å²) in [6.07, 6.45) is 5.43. The van der Waals surface area contributed by atoms with Crippen molar-refractivity contribution >= 4 is 27.5 Å². The van der Waals surface area contributed by atoms with Crippen LogP contribution in [0.3, 0.4) is 0 Å². The average Bonchev–Trinajstić information content (AvgIpc) is 2.40. The molecular weight excluding hydrogens is 294 g/mol. The molecule has 5 heteroatoms. The molecule has 0 aromatic carbocycles. The Bertz CT molecular complexity index is 417. The van der Waals surface area contributed by atoms with Gasteiger partial charge in [-0.05, 0) is 35.0 Å². The molecule has 2 N–H and O–H groups in total. The zero-order valence-corrected chi connectivity index (χ0v) is 12.9. The number of ether oxygens (including phenoxy) is 1.